The molecule has 1 unspecified atom stereocenters. The molecule has 0 spiro atoms. The maximum atomic E-state index is 12.4. The van der Waals surface area contributed by atoms with Crippen molar-refractivity contribution in [3.05, 3.63) is 29.3 Å². The molecule has 0 aromatic heterocycles. The van der Waals surface area contributed by atoms with Crippen molar-refractivity contribution in [3.8, 4) is 0 Å². The summed E-state index contributed by atoms with van der Waals surface area (Å²) in [6, 6.07) is 4.46. The van der Waals surface area contributed by atoms with E-state index in [0.29, 0.717) is 4.90 Å². The maximum Gasteiger partial charge on any atom is 0.375 e. The van der Waals surface area contributed by atoms with E-state index >= 15 is 0 Å². The van der Waals surface area contributed by atoms with E-state index in [1.165, 1.54) is 23.9 Å². The summed E-state index contributed by atoms with van der Waals surface area (Å²) >= 11 is 1.18. The first-order chi connectivity index (χ1) is 9.97. The monoisotopic (exact) mass is 308 g/mol. The lowest BCUT2D eigenvalue weighted by Crippen LogP contribution is -2.36. The first-order valence-electron chi connectivity index (χ1n) is 6.21. The Morgan fingerprint density at radius 1 is 1.38 bits per heavy atom. The Bertz CT molecular complexity index is 636. The molecule has 0 aliphatic carbocycles. The van der Waals surface area contributed by atoms with E-state index in [1.54, 1.807) is 13.0 Å². The summed E-state index contributed by atoms with van der Waals surface area (Å²) in [4.78, 5) is 47.5. The number of carboxylic acid groups (broad SMARTS) is 1. The lowest BCUT2D eigenvalue weighted by atomic mass is 9.91. The van der Waals surface area contributed by atoms with E-state index in [9.17, 15) is 19.2 Å². The first-order valence-corrected chi connectivity index (χ1v) is 7.20. The van der Waals surface area contributed by atoms with Crippen molar-refractivity contribution in [2.75, 3.05) is 12.4 Å². The van der Waals surface area contributed by atoms with E-state index in [2.05, 4.69) is 4.74 Å². The average molecular weight is 308 g/mol. The van der Waals surface area contributed by atoms with E-state index in [0.717, 1.165) is 0 Å². The number of hydrogen-bond acceptors (Lipinski definition) is 6. The third kappa shape index (κ3) is 2.82. The fraction of sp³-hybridized carbons (Fsp3) is 0.286. The molecule has 0 bridgehead atoms. The van der Waals surface area contributed by atoms with Gasteiger partial charge in [-0.2, -0.15) is 0 Å². The van der Waals surface area contributed by atoms with Gasteiger partial charge in [-0.15, -0.1) is 11.8 Å². The molecule has 1 N–H and O–H groups in total. The zero-order valence-corrected chi connectivity index (χ0v) is 11.9. The van der Waals surface area contributed by atoms with Crippen LogP contribution in [0.5, 0.6) is 0 Å². The summed E-state index contributed by atoms with van der Waals surface area (Å²) in [6.45, 7) is 1.59. The van der Waals surface area contributed by atoms with Gasteiger partial charge in [0.05, 0.1) is 12.2 Å². The van der Waals surface area contributed by atoms with Crippen LogP contribution < -0.4 is 0 Å². The van der Waals surface area contributed by atoms with Gasteiger partial charge in [0, 0.05) is 16.2 Å². The molecule has 0 saturated heterocycles. The second-order valence-electron chi connectivity index (χ2n) is 4.30. The van der Waals surface area contributed by atoms with Crippen molar-refractivity contribution in [1.29, 1.82) is 0 Å². The number of rotatable bonds is 4. The van der Waals surface area contributed by atoms with Gasteiger partial charge in [0.25, 0.3) is 5.78 Å². The fourth-order valence-electron chi connectivity index (χ4n) is 2.05. The average Bonchev–Trinajstić information content (AvgIpc) is 2.46. The van der Waals surface area contributed by atoms with Gasteiger partial charge in [-0.3, -0.25) is 9.59 Å². The molecular weight excluding hydrogens is 296 g/mol. The van der Waals surface area contributed by atoms with E-state index in [1.807, 2.05) is 0 Å². The van der Waals surface area contributed by atoms with Gasteiger partial charge in [0.2, 0.25) is 0 Å². The van der Waals surface area contributed by atoms with Crippen LogP contribution in [0.15, 0.2) is 23.1 Å². The lowest BCUT2D eigenvalue weighted by Gasteiger charge is -2.22. The molecule has 6 nitrogen and oxygen atoms in total. The van der Waals surface area contributed by atoms with Crippen LogP contribution in [0.1, 0.15) is 27.6 Å². The van der Waals surface area contributed by atoms with Crippen LogP contribution in [0, 0.1) is 5.92 Å². The molecule has 110 valence electrons. The molecule has 1 aromatic rings. The highest BCUT2D eigenvalue weighted by Gasteiger charge is 2.39. The summed E-state index contributed by atoms with van der Waals surface area (Å²) in [5, 5.41) is 9.14. The van der Waals surface area contributed by atoms with Gasteiger partial charge in [-0.05, 0) is 19.1 Å². The molecule has 1 aromatic carbocycles. The minimum atomic E-state index is -1.25. The van der Waals surface area contributed by atoms with Crippen LogP contribution in [0.4, 0.5) is 0 Å². The van der Waals surface area contributed by atoms with Crippen molar-refractivity contribution >= 4 is 35.3 Å². The molecule has 21 heavy (non-hydrogen) atoms. The Morgan fingerprint density at radius 3 is 2.71 bits per heavy atom. The summed E-state index contributed by atoms with van der Waals surface area (Å²) in [5.74, 6) is -4.97. The molecular formula is C14H12O6S. The number of aromatic carboxylic acids is 1. The number of benzene rings is 1. The number of carboxylic acids is 1. The minimum Gasteiger partial charge on any atom is -0.478 e. The zero-order chi connectivity index (χ0) is 15.6. The number of carbonyl (C=O) groups is 4. The number of ether oxygens (including phenoxy) is 1. The topological polar surface area (TPSA) is 97.7 Å². The predicted molar refractivity (Wildman–Crippen MR) is 73.6 cm³/mol. The molecule has 0 amide bonds. The van der Waals surface area contributed by atoms with Gasteiger partial charge in [-0.1, -0.05) is 6.07 Å². The van der Waals surface area contributed by atoms with Crippen LogP contribution >= 0.6 is 11.8 Å². The zero-order valence-electron chi connectivity index (χ0n) is 11.1. The fourth-order valence-corrected chi connectivity index (χ4v) is 3.22. The highest BCUT2D eigenvalue weighted by Crippen LogP contribution is 2.35. The highest BCUT2D eigenvalue weighted by molar-refractivity contribution is 7.99. The van der Waals surface area contributed by atoms with Gasteiger partial charge in [-0.25, -0.2) is 9.59 Å². The van der Waals surface area contributed by atoms with Crippen molar-refractivity contribution in [3.63, 3.8) is 0 Å². The van der Waals surface area contributed by atoms with Gasteiger partial charge < -0.3 is 9.84 Å². The first kappa shape index (κ1) is 15.2. The molecule has 1 heterocycles. The second-order valence-corrected chi connectivity index (χ2v) is 5.36. The van der Waals surface area contributed by atoms with Crippen LogP contribution in [-0.2, 0) is 14.3 Å². The Labute approximate surface area is 124 Å². The summed E-state index contributed by atoms with van der Waals surface area (Å²) in [5.41, 5.74) is -0.171. The van der Waals surface area contributed by atoms with E-state index in [-0.39, 0.29) is 23.5 Å². The molecule has 0 saturated carbocycles. The van der Waals surface area contributed by atoms with E-state index in [4.69, 9.17) is 5.11 Å². The Balaban J connectivity index is 2.38. The number of hydrogen-bond donors (Lipinski definition) is 1. The number of ketones is 2. The number of esters is 1. The standard InChI is InChI=1S/C14H12O6S/c1-2-20-14(19)12(16)8-6-21-9-5-3-4-7(13(17)18)10(9)11(8)15/h3-5,8H,2,6H2,1H3,(H,17,18). The van der Waals surface area contributed by atoms with Gasteiger partial charge >= 0.3 is 11.9 Å². The van der Waals surface area contributed by atoms with Gasteiger partial charge in [0.15, 0.2) is 5.78 Å². The maximum absolute atomic E-state index is 12.4. The van der Waals surface area contributed by atoms with E-state index < -0.39 is 29.4 Å². The lowest BCUT2D eigenvalue weighted by molar-refractivity contribution is -0.154. The normalized spacial score (nSPS) is 17.0. The molecule has 1 aliphatic rings. The molecule has 7 heteroatoms. The Morgan fingerprint density at radius 2 is 2.10 bits per heavy atom. The van der Waals surface area contributed by atoms with Crippen molar-refractivity contribution in [2.24, 2.45) is 5.92 Å². The number of carbonyl (C=O) groups excluding carboxylic acids is 3. The van der Waals surface area contributed by atoms with Gasteiger partial charge in [0.1, 0.15) is 5.92 Å². The second kappa shape index (κ2) is 6.09. The molecule has 2 rings (SSSR count). The third-order valence-electron chi connectivity index (χ3n) is 3.02. The molecule has 0 radical (unpaired) electrons. The minimum absolute atomic E-state index is 0.0103. The number of Topliss-reactive ketones (excluding diaryl/α,β-unsaturated/α-hetero) is 2. The Kier molecular flexibility index (Phi) is 4.42. The SMILES string of the molecule is CCOC(=O)C(=O)C1CSc2cccc(C(=O)O)c2C1=O. The van der Waals surface area contributed by atoms with Crippen LogP contribution in [0.3, 0.4) is 0 Å². The Hall–Kier alpha value is -2.15. The van der Waals surface area contributed by atoms with Crippen LogP contribution in [0.25, 0.3) is 0 Å². The van der Waals surface area contributed by atoms with Crippen LogP contribution in [0.2, 0.25) is 0 Å². The summed E-state index contributed by atoms with van der Waals surface area (Å²) < 4.78 is 4.60. The third-order valence-corrected chi connectivity index (χ3v) is 4.17. The number of fused-ring (bicyclic) bond motifs is 1. The molecule has 1 aliphatic heterocycles. The highest BCUT2D eigenvalue weighted by atomic mass is 32.2. The molecule has 0 fully saturated rings. The van der Waals surface area contributed by atoms with Crippen molar-refractivity contribution in [1.82, 2.24) is 0 Å². The summed E-state index contributed by atoms with van der Waals surface area (Å²) in [7, 11) is 0. The van der Waals surface area contributed by atoms with Crippen LogP contribution in [-0.4, -0.2) is 41.0 Å². The largest absolute Gasteiger partial charge is 0.478 e. The molecule has 1 atom stereocenters. The number of thioether (sulfide) groups is 1. The van der Waals surface area contributed by atoms with Crippen molar-refractivity contribution in [2.45, 2.75) is 11.8 Å². The predicted octanol–water partition coefficient (Wildman–Crippen LogP) is 1.42. The smallest absolute Gasteiger partial charge is 0.375 e. The quantitative estimate of drug-likeness (QED) is 0.510. The van der Waals surface area contributed by atoms with Crippen molar-refractivity contribution < 1.29 is 29.0 Å². The summed E-state index contributed by atoms with van der Waals surface area (Å²) in [6.07, 6.45) is 0.